The van der Waals surface area contributed by atoms with Crippen LogP contribution in [-0.2, 0) is 16.2 Å². The Morgan fingerprint density at radius 3 is 2.14 bits per heavy atom. The Morgan fingerprint density at radius 1 is 0.609 bits per heavy atom. The summed E-state index contributed by atoms with van der Waals surface area (Å²) in [5.41, 5.74) is 16.1. The van der Waals surface area contributed by atoms with Crippen LogP contribution < -0.4 is 14.5 Å². The molecule has 2 aromatic heterocycles. The van der Waals surface area contributed by atoms with Gasteiger partial charge in [-0.3, -0.25) is 4.57 Å². The maximum absolute atomic E-state index is 6.86. The number of hydrogen-bond donors (Lipinski definition) is 0. The van der Waals surface area contributed by atoms with Crippen molar-refractivity contribution in [2.45, 2.75) is 77.6 Å². The predicted octanol–water partition coefficient (Wildman–Crippen LogP) is 15.5. The van der Waals surface area contributed by atoms with Gasteiger partial charge in [0, 0.05) is 52.3 Å². The van der Waals surface area contributed by atoms with Crippen LogP contribution in [0.4, 0.5) is 17.1 Å². The van der Waals surface area contributed by atoms with Gasteiger partial charge in [-0.15, -0.1) is 0 Å². The molecule has 0 radical (unpaired) electrons. The molecule has 0 saturated heterocycles. The molecule has 7 heteroatoms. The Kier molecular flexibility index (Phi) is 9.96. The van der Waals surface area contributed by atoms with Crippen LogP contribution >= 0.6 is 0 Å². The minimum Gasteiger partial charge on any atom is -0.457 e. The molecule has 0 saturated carbocycles. The first-order valence-corrected chi connectivity index (χ1v) is 24.5. The van der Waals surface area contributed by atoms with Crippen LogP contribution in [0.25, 0.3) is 38.7 Å². The number of pyridine rings is 1. The third-order valence-corrected chi connectivity index (χ3v) is 15.2. The van der Waals surface area contributed by atoms with Gasteiger partial charge in [0.25, 0.3) is 0 Å². The molecule has 3 aliphatic heterocycles. The van der Waals surface area contributed by atoms with Crippen molar-refractivity contribution in [3.63, 3.8) is 0 Å². The first-order chi connectivity index (χ1) is 33.3. The lowest BCUT2D eigenvalue weighted by molar-refractivity contribution is 0.332. The van der Waals surface area contributed by atoms with Gasteiger partial charge in [0.05, 0.1) is 22.4 Å². The number of fused-ring (bicyclic) bond motifs is 6. The molecule has 0 spiro atoms. The van der Waals surface area contributed by atoms with Crippen LogP contribution in [0.1, 0.15) is 89.1 Å². The number of rotatable bonds is 7. The summed E-state index contributed by atoms with van der Waals surface area (Å²) in [6.45, 7) is 17.1. The molecule has 0 unspecified atom stereocenters. The van der Waals surface area contributed by atoms with Gasteiger partial charge in [-0.05, 0) is 129 Å². The van der Waals surface area contributed by atoms with E-state index in [1.54, 1.807) is 0 Å². The fourth-order valence-corrected chi connectivity index (χ4v) is 11.3. The summed E-state index contributed by atoms with van der Waals surface area (Å²) in [7, 11) is 0. The van der Waals surface area contributed by atoms with E-state index >= 15 is 0 Å². The Morgan fingerprint density at radius 2 is 1.33 bits per heavy atom. The number of benzene rings is 6. The molecule has 0 bridgehead atoms. The lowest BCUT2D eigenvalue weighted by Crippen LogP contribution is -2.41. The molecule has 0 N–H and O–H groups in total. The largest absolute Gasteiger partial charge is 0.457 e. The van der Waals surface area contributed by atoms with Crippen LogP contribution in [0.2, 0.25) is 0 Å². The summed E-state index contributed by atoms with van der Waals surface area (Å²) in [6.07, 6.45) is 13.2. The summed E-state index contributed by atoms with van der Waals surface area (Å²) in [5, 5.41) is 2.35. The molecule has 5 heterocycles. The lowest BCUT2D eigenvalue weighted by Gasteiger charge is -2.43. The van der Waals surface area contributed by atoms with Gasteiger partial charge in [-0.2, -0.15) is 0 Å². The molecule has 6 nitrogen and oxygen atoms in total. The van der Waals surface area contributed by atoms with E-state index in [0.717, 1.165) is 51.5 Å². The zero-order valence-electron chi connectivity index (χ0n) is 40.7. The van der Waals surface area contributed by atoms with Crippen molar-refractivity contribution in [3.8, 4) is 17.3 Å². The van der Waals surface area contributed by atoms with Crippen molar-refractivity contribution < 1.29 is 4.74 Å². The Hall–Kier alpha value is -7.51. The van der Waals surface area contributed by atoms with Gasteiger partial charge < -0.3 is 19.3 Å². The van der Waals surface area contributed by atoms with Gasteiger partial charge >= 0.3 is 6.85 Å². The van der Waals surface area contributed by atoms with E-state index in [2.05, 4.69) is 250 Å². The first kappa shape index (κ1) is 42.8. The number of anilines is 3. The molecule has 12 rings (SSSR count). The van der Waals surface area contributed by atoms with Crippen molar-refractivity contribution in [1.29, 1.82) is 0 Å². The number of para-hydroxylation sites is 3. The SMILES string of the molecule is CC(C)(C)c1ccnc(-n2c3ccccc3c3ccc(Oc4cccc(N5CN(C6=C(c7ccc8c(c7)C(C)(C)CCC8(C)C)B7C=CC=CN7C=C6c6ccccc6)c6ccccc65)c4)cc32)c1. The molecule has 1 aliphatic carbocycles. The van der Waals surface area contributed by atoms with Gasteiger partial charge in [0.1, 0.15) is 24.0 Å². The summed E-state index contributed by atoms with van der Waals surface area (Å²) in [4.78, 5) is 12.3. The normalized spacial score (nSPS) is 17.1. The second-order valence-corrected chi connectivity index (χ2v) is 21.6. The van der Waals surface area contributed by atoms with E-state index in [4.69, 9.17) is 9.72 Å². The predicted molar refractivity (Wildman–Crippen MR) is 289 cm³/mol. The molecule has 6 aromatic carbocycles. The zero-order chi connectivity index (χ0) is 47.2. The fourth-order valence-electron chi connectivity index (χ4n) is 11.3. The van der Waals surface area contributed by atoms with E-state index in [0.29, 0.717) is 6.67 Å². The molecule has 8 aromatic rings. The molecule has 0 amide bonds. The van der Waals surface area contributed by atoms with Gasteiger partial charge in [-0.25, -0.2) is 4.98 Å². The minimum absolute atomic E-state index is 0.0127. The van der Waals surface area contributed by atoms with Crippen molar-refractivity contribution in [2.24, 2.45) is 0 Å². The first-order valence-electron chi connectivity index (χ1n) is 24.5. The fraction of sp³-hybridized carbons (Fsp3) is 0.210. The number of hydrogen-bond acceptors (Lipinski definition) is 5. The topological polar surface area (TPSA) is 36.8 Å². The summed E-state index contributed by atoms with van der Waals surface area (Å²) >= 11 is 0. The summed E-state index contributed by atoms with van der Waals surface area (Å²) in [6, 6.07) is 55.1. The maximum atomic E-state index is 6.86. The second kappa shape index (κ2) is 16.1. The lowest BCUT2D eigenvalue weighted by atomic mass is 9.48. The third-order valence-electron chi connectivity index (χ3n) is 15.2. The highest BCUT2D eigenvalue weighted by Gasteiger charge is 2.42. The summed E-state index contributed by atoms with van der Waals surface area (Å²) in [5.74, 6) is 4.80. The van der Waals surface area contributed by atoms with Crippen LogP contribution in [0.15, 0.2) is 194 Å². The molecule has 4 aliphatic rings. The molecular formula is C62H58BN5O. The average Bonchev–Trinajstić information content (AvgIpc) is 3.91. The second-order valence-electron chi connectivity index (χ2n) is 21.6. The molecule has 340 valence electrons. The van der Waals surface area contributed by atoms with Crippen LogP contribution in [0.5, 0.6) is 11.5 Å². The zero-order valence-corrected chi connectivity index (χ0v) is 40.7. The smallest absolute Gasteiger partial charge is 0.322 e. The third kappa shape index (κ3) is 7.29. The standard InChI is InChI=1S/C62H58BN5O/c1-60(2,3)44-30-34-64-57(37-44)68-53-23-12-11-22-48(53)49-28-27-47(39-56(49)68)69-46-21-17-20-45(38-46)66-41-67(55-25-14-13-24-54(55)66)59-50(42-18-9-8-10-19-42)40-65-35-16-15-33-63(65)58(59)43-26-29-51-52(36-43)62(6,7)32-31-61(51,4)5/h8-30,33-40H,31-32,41H2,1-7H3. The number of nitrogens with zero attached hydrogens (tertiary/aromatic N) is 5. The maximum Gasteiger partial charge on any atom is 0.322 e. The number of aromatic nitrogens is 2. The number of allylic oxidation sites excluding steroid dienone is 3. The highest BCUT2D eigenvalue weighted by molar-refractivity contribution is 6.82. The summed E-state index contributed by atoms with van der Waals surface area (Å²) < 4.78 is 9.13. The van der Waals surface area contributed by atoms with Gasteiger partial charge in [0.2, 0.25) is 0 Å². The quantitative estimate of drug-likeness (QED) is 0.149. The van der Waals surface area contributed by atoms with Crippen LogP contribution in [0, 0.1) is 0 Å². The Bertz CT molecular complexity index is 3480. The van der Waals surface area contributed by atoms with E-state index in [1.165, 1.54) is 62.1 Å². The van der Waals surface area contributed by atoms with Gasteiger partial charge in [0.15, 0.2) is 0 Å². The molecule has 69 heavy (non-hydrogen) atoms. The Labute approximate surface area is 407 Å². The highest BCUT2D eigenvalue weighted by Crippen LogP contribution is 2.51. The number of ether oxygens (including phenoxy) is 1. The van der Waals surface area contributed by atoms with E-state index in [9.17, 15) is 0 Å². The monoisotopic (exact) mass is 899 g/mol. The van der Waals surface area contributed by atoms with Gasteiger partial charge in [-0.1, -0.05) is 145 Å². The molecule has 0 fully saturated rings. The van der Waals surface area contributed by atoms with Crippen LogP contribution in [-0.4, -0.2) is 27.9 Å². The molecular weight excluding hydrogens is 842 g/mol. The highest BCUT2D eigenvalue weighted by atomic mass is 16.5. The van der Waals surface area contributed by atoms with Crippen molar-refractivity contribution in [3.05, 3.63) is 222 Å². The van der Waals surface area contributed by atoms with Crippen molar-refractivity contribution in [2.75, 3.05) is 16.5 Å². The van der Waals surface area contributed by atoms with E-state index < -0.39 is 0 Å². The average molecular weight is 900 g/mol. The van der Waals surface area contributed by atoms with E-state index in [-0.39, 0.29) is 23.1 Å². The minimum atomic E-state index is -0.0127. The molecule has 0 atom stereocenters. The van der Waals surface area contributed by atoms with Crippen molar-refractivity contribution >= 4 is 56.8 Å². The Balaban J connectivity index is 0.961. The van der Waals surface area contributed by atoms with Crippen LogP contribution in [0.3, 0.4) is 0 Å². The van der Waals surface area contributed by atoms with E-state index in [1.807, 2.05) is 6.20 Å². The van der Waals surface area contributed by atoms with Crippen molar-refractivity contribution in [1.82, 2.24) is 14.4 Å².